The molecule has 0 aliphatic carbocycles. The molecule has 0 saturated heterocycles. The molecular weight excluding hydrogens is 552 g/mol. The monoisotopic (exact) mass is 576 g/mol. The SMILES string of the molecule is COC(=O)c1ccc(C2C(C(=O)OC(C)C)=C(C)N=c3sc(=Cc4ccc(-c5ccc(Cl)cc5)o4)c(=O)n32)cc1. The van der Waals surface area contributed by atoms with E-state index < -0.39 is 18.0 Å². The first kappa shape index (κ1) is 27.4. The zero-order chi connectivity index (χ0) is 28.6. The van der Waals surface area contributed by atoms with E-state index in [0.29, 0.717) is 42.7 Å². The number of benzene rings is 2. The number of fused-ring (bicyclic) bond motifs is 1. The van der Waals surface area contributed by atoms with Crippen LogP contribution in [0.15, 0.2) is 86.1 Å². The van der Waals surface area contributed by atoms with E-state index in [-0.39, 0.29) is 17.2 Å². The maximum absolute atomic E-state index is 13.8. The van der Waals surface area contributed by atoms with Crippen LogP contribution in [0.3, 0.4) is 0 Å². The fraction of sp³-hybridized carbons (Fsp3) is 0.200. The molecule has 0 bridgehead atoms. The average molecular weight is 577 g/mol. The maximum atomic E-state index is 13.8. The van der Waals surface area contributed by atoms with Crippen molar-refractivity contribution >= 4 is 41.0 Å². The summed E-state index contributed by atoms with van der Waals surface area (Å²) in [6, 6.07) is 16.6. The molecule has 0 radical (unpaired) electrons. The summed E-state index contributed by atoms with van der Waals surface area (Å²) in [7, 11) is 1.30. The van der Waals surface area contributed by atoms with Crippen LogP contribution in [0, 0.1) is 0 Å². The molecule has 0 spiro atoms. The molecule has 4 aromatic rings. The smallest absolute Gasteiger partial charge is 0.338 e. The molecule has 8 nitrogen and oxygen atoms in total. The molecule has 0 N–H and O–H groups in total. The first-order chi connectivity index (χ1) is 19.2. The second kappa shape index (κ2) is 11.1. The Morgan fingerprint density at radius 3 is 2.40 bits per heavy atom. The number of ether oxygens (including phenoxy) is 2. The minimum absolute atomic E-state index is 0.251. The van der Waals surface area contributed by atoms with Gasteiger partial charge in [-0.15, -0.1) is 0 Å². The molecule has 10 heteroatoms. The summed E-state index contributed by atoms with van der Waals surface area (Å²) in [6.45, 7) is 5.23. The van der Waals surface area contributed by atoms with E-state index in [9.17, 15) is 14.4 Å². The van der Waals surface area contributed by atoms with Crippen molar-refractivity contribution < 1.29 is 23.5 Å². The number of nitrogens with zero attached hydrogens (tertiary/aromatic N) is 2. The average Bonchev–Trinajstić information content (AvgIpc) is 3.51. The molecule has 204 valence electrons. The second-order valence-corrected chi connectivity index (χ2v) is 10.8. The lowest BCUT2D eigenvalue weighted by Gasteiger charge is -2.25. The van der Waals surface area contributed by atoms with Crippen LogP contribution in [0.1, 0.15) is 48.5 Å². The number of hydrogen-bond acceptors (Lipinski definition) is 8. The predicted octanol–water partition coefficient (Wildman–Crippen LogP) is 4.89. The first-order valence-electron chi connectivity index (χ1n) is 12.4. The Morgan fingerprint density at radius 1 is 1.05 bits per heavy atom. The van der Waals surface area contributed by atoms with Gasteiger partial charge in [0, 0.05) is 16.7 Å². The van der Waals surface area contributed by atoms with Gasteiger partial charge in [-0.1, -0.05) is 35.1 Å². The Labute approximate surface area is 238 Å². The third kappa shape index (κ3) is 5.30. The number of methoxy groups -OCH3 is 1. The van der Waals surface area contributed by atoms with Gasteiger partial charge >= 0.3 is 11.9 Å². The molecule has 1 unspecified atom stereocenters. The highest BCUT2D eigenvalue weighted by Gasteiger charge is 2.34. The topological polar surface area (TPSA) is 100 Å². The van der Waals surface area contributed by atoms with Crippen molar-refractivity contribution in [2.45, 2.75) is 32.9 Å². The normalized spacial score (nSPS) is 15.2. The summed E-state index contributed by atoms with van der Waals surface area (Å²) in [5, 5.41) is 0.623. The second-order valence-electron chi connectivity index (χ2n) is 9.36. The fourth-order valence-electron chi connectivity index (χ4n) is 4.42. The van der Waals surface area contributed by atoms with Gasteiger partial charge in [0.05, 0.1) is 40.6 Å². The number of carbonyl (C=O) groups excluding carboxylic acids is 2. The van der Waals surface area contributed by atoms with E-state index in [2.05, 4.69) is 4.99 Å². The number of hydrogen-bond donors (Lipinski definition) is 0. The minimum atomic E-state index is -0.808. The van der Waals surface area contributed by atoms with Crippen LogP contribution in [-0.2, 0) is 14.3 Å². The molecule has 3 heterocycles. The van der Waals surface area contributed by atoms with Crippen molar-refractivity contribution in [2.24, 2.45) is 4.99 Å². The number of thiazole rings is 1. The van der Waals surface area contributed by atoms with Crippen LogP contribution in [-0.4, -0.2) is 29.7 Å². The lowest BCUT2D eigenvalue weighted by molar-refractivity contribution is -0.143. The zero-order valence-electron chi connectivity index (χ0n) is 22.1. The molecule has 0 fully saturated rings. The Hall–Kier alpha value is -4.21. The Kier molecular flexibility index (Phi) is 7.60. The molecule has 2 aromatic heterocycles. The van der Waals surface area contributed by atoms with Crippen LogP contribution in [0.25, 0.3) is 17.4 Å². The molecule has 2 aromatic carbocycles. The minimum Gasteiger partial charge on any atom is -0.465 e. The summed E-state index contributed by atoms with van der Waals surface area (Å²) in [6.07, 6.45) is 1.29. The van der Waals surface area contributed by atoms with Crippen molar-refractivity contribution in [3.63, 3.8) is 0 Å². The van der Waals surface area contributed by atoms with Crippen molar-refractivity contribution in [3.05, 3.63) is 114 Å². The molecule has 1 atom stereocenters. The number of rotatable bonds is 6. The van der Waals surface area contributed by atoms with Crippen molar-refractivity contribution in [2.75, 3.05) is 7.11 Å². The summed E-state index contributed by atoms with van der Waals surface area (Å²) in [4.78, 5) is 44.1. The summed E-state index contributed by atoms with van der Waals surface area (Å²) in [5.41, 5.74) is 2.18. The molecule has 0 saturated carbocycles. The highest BCUT2D eigenvalue weighted by molar-refractivity contribution is 7.07. The van der Waals surface area contributed by atoms with Gasteiger partial charge in [0.25, 0.3) is 5.56 Å². The fourth-order valence-corrected chi connectivity index (χ4v) is 5.58. The number of furan rings is 1. The summed E-state index contributed by atoms with van der Waals surface area (Å²) >= 11 is 7.19. The Morgan fingerprint density at radius 2 is 1.75 bits per heavy atom. The van der Waals surface area contributed by atoms with E-state index in [0.717, 1.165) is 5.56 Å². The van der Waals surface area contributed by atoms with Crippen LogP contribution in [0.5, 0.6) is 0 Å². The quantitative estimate of drug-likeness (QED) is 0.303. The number of aromatic nitrogens is 1. The lowest BCUT2D eigenvalue weighted by Crippen LogP contribution is -2.40. The van der Waals surface area contributed by atoms with Gasteiger partial charge in [0.1, 0.15) is 11.5 Å². The highest BCUT2D eigenvalue weighted by Crippen LogP contribution is 2.31. The van der Waals surface area contributed by atoms with Crippen molar-refractivity contribution in [1.82, 2.24) is 4.57 Å². The van der Waals surface area contributed by atoms with Gasteiger partial charge in [0.15, 0.2) is 4.80 Å². The van der Waals surface area contributed by atoms with Crippen molar-refractivity contribution in [3.8, 4) is 11.3 Å². The van der Waals surface area contributed by atoms with Gasteiger partial charge in [-0.05, 0) is 74.9 Å². The van der Waals surface area contributed by atoms with E-state index in [1.165, 1.54) is 23.0 Å². The van der Waals surface area contributed by atoms with Gasteiger partial charge in [-0.3, -0.25) is 9.36 Å². The molecule has 1 aliphatic rings. The van der Waals surface area contributed by atoms with E-state index >= 15 is 0 Å². The molecule has 1 aliphatic heterocycles. The van der Waals surface area contributed by atoms with Crippen LogP contribution >= 0.6 is 22.9 Å². The summed E-state index contributed by atoms with van der Waals surface area (Å²) < 4.78 is 18.2. The first-order valence-corrected chi connectivity index (χ1v) is 13.6. The van der Waals surface area contributed by atoms with Crippen LogP contribution < -0.4 is 14.9 Å². The molecular formula is C30H25ClN2O6S. The van der Waals surface area contributed by atoms with Gasteiger partial charge in [-0.2, -0.15) is 0 Å². The standard InChI is InChI=1S/C30H25ClN2O6S/c1-16(2)38-29(36)25-17(3)32-30-33(26(25)19-5-7-20(8-6-19)28(35)37-4)27(34)24(40-30)15-22-13-14-23(39-22)18-9-11-21(31)12-10-18/h5-16,26H,1-4H3. The number of carbonyl (C=O) groups is 2. The third-order valence-electron chi connectivity index (χ3n) is 6.26. The summed E-state index contributed by atoms with van der Waals surface area (Å²) in [5.74, 6) is 0.0717. The van der Waals surface area contributed by atoms with Gasteiger partial charge in [-0.25, -0.2) is 14.6 Å². The van der Waals surface area contributed by atoms with Gasteiger partial charge < -0.3 is 13.9 Å². The zero-order valence-corrected chi connectivity index (χ0v) is 23.7. The molecule has 5 rings (SSSR count). The molecule has 0 amide bonds. The maximum Gasteiger partial charge on any atom is 0.338 e. The Balaban J connectivity index is 1.62. The molecule has 40 heavy (non-hydrogen) atoms. The van der Waals surface area contributed by atoms with Crippen molar-refractivity contribution in [1.29, 1.82) is 0 Å². The number of esters is 2. The predicted molar refractivity (Wildman–Crippen MR) is 152 cm³/mol. The largest absolute Gasteiger partial charge is 0.465 e. The van der Waals surface area contributed by atoms with E-state index in [1.807, 2.05) is 18.2 Å². The number of halogens is 1. The van der Waals surface area contributed by atoms with Crippen LogP contribution in [0.2, 0.25) is 5.02 Å². The third-order valence-corrected chi connectivity index (χ3v) is 7.50. The van der Waals surface area contributed by atoms with E-state index in [4.69, 9.17) is 25.5 Å². The number of allylic oxidation sites excluding steroid dienone is 1. The highest BCUT2D eigenvalue weighted by atomic mass is 35.5. The van der Waals surface area contributed by atoms with E-state index in [1.54, 1.807) is 69.3 Å². The Bertz CT molecular complexity index is 1810. The van der Waals surface area contributed by atoms with Gasteiger partial charge in [0.2, 0.25) is 0 Å². The lowest BCUT2D eigenvalue weighted by atomic mass is 9.95. The van der Waals surface area contributed by atoms with Crippen LogP contribution in [0.4, 0.5) is 0 Å².